The topological polar surface area (TPSA) is 55.7 Å². The lowest BCUT2D eigenvalue weighted by Crippen LogP contribution is -2.29. The minimum Gasteiger partial charge on any atom is -0.317 e. The highest BCUT2D eigenvalue weighted by Gasteiger charge is 2.40. The van der Waals surface area contributed by atoms with Crippen LogP contribution in [0.25, 0.3) is 0 Å². The normalized spacial score (nSPS) is 17.3. The molecule has 0 saturated heterocycles. The van der Waals surface area contributed by atoms with Gasteiger partial charge >= 0.3 is 5.97 Å². The summed E-state index contributed by atoms with van der Waals surface area (Å²) in [5.41, 5.74) is 0.650. The molecular weight excluding hydrogens is 273 g/mol. The molecule has 4 nitrogen and oxygen atoms in total. The summed E-state index contributed by atoms with van der Waals surface area (Å²) in [6, 6.07) is 14.3. The monoisotopic (exact) mass is 283 g/mol. The fourth-order valence-electron chi connectivity index (χ4n) is 2.19. The van der Waals surface area contributed by atoms with Crippen LogP contribution in [0.15, 0.2) is 59.8 Å². The molecule has 5 heteroatoms. The molecule has 1 unspecified atom stereocenters. The van der Waals surface area contributed by atoms with Crippen molar-refractivity contribution in [3.05, 3.63) is 71.5 Å². The van der Waals surface area contributed by atoms with E-state index in [4.69, 9.17) is 0 Å². The van der Waals surface area contributed by atoms with Crippen molar-refractivity contribution in [2.75, 3.05) is 0 Å². The Morgan fingerprint density at radius 1 is 1.05 bits per heavy atom. The van der Waals surface area contributed by atoms with Crippen LogP contribution in [0.5, 0.6) is 0 Å². The summed E-state index contributed by atoms with van der Waals surface area (Å²) in [7, 11) is 0. The Labute approximate surface area is 119 Å². The first-order chi connectivity index (χ1) is 10.2. The Bertz CT molecular complexity index is 740. The molecule has 0 fully saturated rings. The maximum Gasteiger partial charge on any atom is 0.351 e. The molecule has 0 bridgehead atoms. The molecule has 1 aliphatic heterocycles. The number of Topliss-reactive ketones (excluding diaryl/α,β-unsaturated/α-hetero) is 1. The van der Waals surface area contributed by atoms with Gasteiger partial charge in [0.05, 0.1) is 5.56 Å². The number of halogens is 1. The average Bonchev–Trinajstić information content (AvgIpc) is 2.90. The van der Waals surface area contributed by atoms with Crippen molar-refractivity contribution in [1.29, 1.82) is 0 Å². The minimum absolute atomic E-state index is 0.148. The van der Waals surface area contributed by atoms with E-state index in [0.717, 1.165) is 0 Å². The fourth-order valence-corrected chi connectivity index (χ4v) is 2.19. The van der Waals surface area contributed by atoms with Crippen molar-refractivity contribution in [2.45, 2.75) is 0 Å². The third kappa shape index (κ3) is 2.33. The first-order valence-corrected chi connectivity index (χ1v) is 6.31. The van der Waals surface area contributed by atoms with E-state index in [9.17, 15) is 14.0 Å². The molecule has 0 amide bonds. The zero-order valence-electron chi connectivity index (χ0n) is 10.8. The van der Waals surface area contributed by atoms with Crippen LogP contribution in [0.2, 0.25) is 0 Å². The largest absolute Gasteiger partial charge is 0.351 e. The van der Waals surface area contributed by atoms with Crippen LogP contribution >= 0.6 is 0 Å². The Morgan fingerprint density at radius 2 is 1.71 bits per heavy atom. The molecule has 0 N–H and O–H groups in total. The Morgan fingerprint density at radius 3 is 2.43 bits per heavy atom. The highest BCUT2D eigenvalue weighted by molar-refractivity contribution is 6.29. The molecule has 1 heterocycles. The molecule has 1 aliphatic rings. The summed E-state index contributed by atoms with van der Waals surface area (Å²) in [6.07, 6.45) is 0. The van der Waals surface area contributed by atoms with Gasteiger partial charge in [-0.3, -0.25) is 4.79 Å². The summed E-state index contributed by atoms with van der Waals surface area (Å²) in [4.78, 5) is 28.9. The maximum absolute atomic E-state index is 13.7. The SMILES string of the molecule is O=C1ON=C(c2ccccc2)C1C(=O)c1ccccc1F. The summed E-state index contributed by atoms with van der Waals surface area (Å²) < 4.78 is 13.7. The van der Waals surface area contributed by atoms with Crippen molar-refractivity contribution in [1.82, 2.24) is 0 Å². The zero-order chi connectivity index (χ0) is 14.8. The second-order valence-electron chi connectivity index (χ2n) is 4.53. The van der Waals surface area contributed by atoms with Crippen LogP contribution in [-0.4, -0.2) is 17.5 Å². The Kier molecular flexibility index (Phi) is 3.31. The second-order valence-corrected chi connectivity index (χ2v) is 4.53. The van der Waals surface area contributed by atoms with Crippen LogP contribution < -0.4 is 0 Å². The highest BCUT2D eigenvalue weighted by atomic mass is 19.1. The molecule has 2 aromatic rings. The van der Waals surface area contributed by atoms with Gasteiger partial charge in [0.25, 0.3) is 0 Å². The van der Waals surface area contributed by atoms with Gasteiger partial charge in [-0.05, 0) is 12.1 Å². The van der Waals surface area contributed by atoms with Gasteiger partial charge in [-0.25, -0.2) is 9.18 Å². The smallest absolute Gasteiger partial charge is 0.317 e. The molecule has 0 radical (unpaired) electrons. The van der Waals surface area contributed by atoms with Gasteiger partial charge in [0.1, 0.15) is 11.5 Å². The van der Waals surface area contributed by atoms with Gasteiger partial charge in [0, 0.05) is 5.56 Å². The molecule has 2 aromatic carbocycles. The summed E-state index contributed by atoms with van der Waals surface area (Å²) in [6.45, 7) is 0. The number of hydrogen-bond acceptors (Lipinski definition) is 4. The van der Waals surface area contributed by atoms with Crippen molar-refractivity contribution in [3.63, 3.8) is 0 Å². The minimum atomic E-state index is -1.23. The summed E-state index contributed by atoms with van der Waals surface area (Å²) >= 11 is 0. The third-order valence-electron chi connectivity index (χ3n) is 3.21. The van der Waals surface area contributed by atoms with Crippen molar-refractivity contribution in [2.24, 2.45) is 11.1 Å². The van der Waals surface area contributed by atoms with Gasteiger partial charge in [-0.1, -0.05) is 47.6 Å². The van der Waals surface area contributed by atoms with E-state index in [0.29, 0.717) is 5.56 Å². The average molecular weight is 283 g/mol. The number of benzene rings is 2. The zero-order valence-corrected chi connectivity index (χ0v) is 10.8. The number of hydrogen-bond donors (Lipinski definition) is 0. The maximum atomic E-state index is 13.7. The lowest BCUT2D eigenvalue weighted by atomic mass is 9.90. The van der Waals surface area contributed by atoms with Crippen molar-refractivity contribution in [3.8, 4) is 0 Å². The van der Waals surface area contributed by atoms with Crippen LogP contribution in [0, 0.1) is 11.7 Å². The molecule has 0 spiro atoms. The van der Waals surface area contributed by atoms with Gasteiger partial charge in [-0.2, -0.15) is 0 Å². The van der Waals surface area contributed by atoms with Gasteiger partial charge in [0.15, 0.2) is 11.7 Å². The molecule has 1 atom stereocenters. The van der Waals surface area contributed by atoms with E-state index in [-0.39, 0.29) is 11.3 Å². The lowest BCUT2D eigenvalue weighted by Gasteiger charge is -2.09. The van der Waals surface area contributed by atoms with E-state index in [2.05, 4.69) is 9.99 Å². The van der Waals surface area contributed by atoms with Crippen molar-refractivity contribution >= 4 is 17.5 Å². The van der Waals surface area contributed by atoms with E-state index in [1.807, 2.05) is 0 Å². The molecule has 0 aromatic heterocycles. The van der Waals surface area contributed by atoms with Crippen molar-refractivity contribution < 1.29 is 18.8 Å². The molecule has 0 saturated carbocycles. The molecule has 3 rings (SSSR count). The highest BCUT2D eigenvalue weighted by Crippen LogP contribution is 2.23. The Hall–Kier alpha value is -2.82. The predicted octanol–water partition coefficient (Wildman–Crippen LogP) is 2.59. The first kappa shape index (κ1) is 13.2. The quantitative estimate of drug-likeness (QED) is 0.494. The van der Waals surface area contributed by atoms with E-state index in [1.54, 1.807) is 30.3 Å². The van der Waals surface area contributed by atoms with Gasteiger partial charge in [0.2, 0.25) is 0 Å². The number of carbonyl (C=O) groups excluding carboxylic acids is 2. The van der Waals surface area contributed by atoms with Crippen LogP contribution in [0.1, 0.15) is 15.9 Å². The summed E-state index contributed by atoms with van der Waals surface area (Å²) in [5.74, 6) is -3.35. The van der Waals surface area contributed by atoms with E-state index < -0.39 is 23.5 Å². The van der Waals surface area contributed by atoms with Crippen LogP contribution in [0.4, 0.5) is 4.39 Å². The first-order valence-electron chi connectivity index (χ1n) is 6.31. The van der Waals surface area contributed by atoms with E-state index >= 15 is 0 Å². The standard InChI is InChI=1S/C16H10FNO3/c17-12-9-5-4-8-11(12)15(19)13-14(18-21-16(13)20)10-6-2-1-3-7-10/h1-9,13H. The predicted molar refractivity (Wildman–Crippen MR) is 73.3 cm³/mol. The van der Waals surface area contributed by atoms with Crippen LogP contribution in [0.3, 0.4) is 0 Å². The van der Waals surface area contributed by atoms with Crippen LogP contribution in [-0.2, 0) is 9.63 Å². The molecule has 0 aliphatic carbocycles. The summed E-state index contributed by atoms with van der Waals surface area (Å²) in [5, 5.41) is 3.67. The number of carbonyl (C=O) groups is 2. The number of rotatable bonds is 3. The molecular formula is C16H10FNO3. The lowest BCUT2D eigenvalue weighted by molar-refractivity contribution is -0.142. The fraction of sp³-hybridized carbons (Fsp3) is 0.0625. The number of oxime groups is 1. The second kappa shape index (κ2) is 5.28. The van der Waals surface area contributed by atoms with Gasteiger partial charge in [-0.15, -0.1) is 0 Å². The Balaban J connectivity index is 2.00. The molecule has 21 heavy (non-hydrogen) atoms. The third-order valence-corrected chi connectivity index (χ3v) is 3.21. The number of ketones is 1. The molecule has 104 valence electrons. The van der Waals surface area contributed by atoms with Gasteiger partial charge < -0.3 is 4.84 Å². The van der Waals surface area contributed by atoms with E-state index in [1.165, 1.54) is 24.3 Å². The number of nitrogens with zero attached hydrogens (tertiary/aromatic N) is 1.